The van der Waals surface area contributed by atoms with Gasteiger partial charge in [0.05, 0.1) is 20.1 Å². The van der Waals surface area contributed by atoms with E-state index in [1.807, 2.05) is 6.92 Å². The number of rotatable bonds is 10. The zero-order valence-electron chi connectivity index (χ0n) is 12.7. The van der Waals surface area contributed by atoms with Crippen LogP contribution in [0.5, 0.6) is 0 Å². The molecule has 0 heterocycles. The largest absolute Gasteiger partial charge is 0.469 e. The number of ether oxygens (including phenoxy) is 2. The lowest BCUT2D eigenvalue weighted by atomic mass is 9.92. The fourth-order valence-electron chi connectivity index (χ4n) is 2.24. The lowest BCUT2D eigenvalue weighted by Crippen LogP contribution is -2.15. The minimum absolute atomic E-state index is 0.0145. The Balaban J connectivity index is 3.50. The Morgan fingerprint density at radius 3 is 2.16 bits per heavy atom. The molecule has 0 amide bonds. The van der Waals surface area contributed by atoms with Crippen molar-refractivity contribution in [2.45, 2.75) is 58.8 Å². The number of hydrogen-bond donors (Lipinski definition) is 0. The molecule has 0 aromatic carbocycles. The maximum absolute atomic E-state index is 11.3. The molecule has 0 bridgehead atoms. The first-order chi connectivity index (χ1) is 9.01. The van der Waals surface area contributed by atoms with Crippen molar-refractivity contribution < 1.29 is 19.1 Å². The second-order valence-electron chi connectivity index (χ2n) is 5.29. The third-order valence-electron chi connectivity index (χ3n) is 3.41. The average Bonchev–Trinajstić information content (AvgIpc) is 2.40. The molecule has 0 fully saturated rings. The van der Waals surface area contributed by atoms with E-state index in [0.29, 0.717) is 12.3 Å². The summed E-state index contributed by atoms with van der Waals surface area (Å²) < 4.78 is 9.31. The molecule has 0 rings (SSSR count). The summed E-state index contributed by atoms with van der Waals surface area (Å²) in [4.78, 5) is 22.2. The standard InChI is InChI=1S/C15H28O4/c1-12(11-13(2)15(17)19-4)9-7-5-6-8-10-14(16)18-3/h12-13H,5-11H2,1-4H3/t12-,13-/m0/s1. The monoisotopic (exact) mass is 272 g/mol. The predicted molar refractivity (Wildman–Crippen MR) is 74.7 cm³/mol. The van der Waals surface area contributed by atoms with E-state index in [0.717, 1.165) is 38.5 Å². The number of esters is 2. The molecule has 4 nitrogen and oxygen atoms in total. The number of carbonyl (C=O) groups excluding carboxylic acids is 2. The summed E-state index contributed by atoms with van der Waals surface area (Å²) in [5.41, 5.74) is 0. The van der Waals surface area contributed by atoms with Crippen molar-refractivity contribution >= 4 is 11.9 Å². The van der Waals surface area contributed by atoms with E-state index in [9.17, 15) is 9.59 Å². The molecule has 19 heavy (non-hydrogen) atoms. The van der Waals surface area contributed by atoms with Crippen LogP contribution in [0.2, 0.25) is 0 Å². The van der Waals surface area contributed by atoms with Crippen LogP contribution in [0.15, 0.2) is 0 Å². The van der Waals surface area contributed by atoms with E-state index in [1.165, 1.54) is 14.2 Å². The lowest BCUT2D eigenvalue weighted by Gasteiger charge is -2.15. The van der Waals surface area contributed by atoms with Gasteiger partial charge in [0.1, 0.15) is 0 Å². The van der Waals surface area contributed by atoms with E-state index in [4.69, 9.17) is 4.74 Å². The Kier molecular flexibility index (Phi) is 10.2. The molecule has 0 aliphatic heterocycles. The SMILES string of the molecule is COC(=O)CCCCCC[C@H](C)C[C@H](C)C(=O)OC. The summed E-state index contributed by atoms with van der Waals surface area (Å²) in [6, 6.07) is 0. The van der Waals surface area contributed by atoms with E-state index >= 15 is 0 Å². The van der Waals surface area contributed by atoms with Gasteiger partial charge in [0.2, 0.25) is 0 Å². The summed E-state index contributed by atoms with van der Waals surface area (Å²) >= 11 is 0. The fraction of sp³-hybridized carbons (Fsp3) is 0.867. The number of carbonyl (C=O) groups is 2. The van der Waals surface area contributed by atoms with Gasteiger partial charge in [-0.05, 0) is 18.8 Å². The van der Waals surface area contributed by atoms with Gasteiger partial charge >= 0.3 is 11.9 Å². The minimum Gasteiger partial charge on any atom is -0.469 e. The molecule has 2 atom stereocenters. The molecule has 0 radical (unpaired) electrons. The van der Waals surface area contributed by atoms with Crippen molar-refractivity contribution in [1.29, 1.82) is 0 Å². The Hall–Kier alpha value is -1.06. The molecule has 0 saturated heterocycles. The summed E-state index contributed by atoms with van der Waals surface area (Å²) in [6.45, 7) is 4.09. The summed E-state index contributed by atoms with van der Waals surface area (Å²) in [5.74, 6) is 0.277. The van der Waals surface area contributed by atoms with Gasteiger partial charge in [-0.3, -0.25) is 9.59 Å². The normalized spacial score (nSPS) is 13.7. The highest BCUT2D eigenvalue weighted by molar-refractivity contribution is 5.71. The van der Waals surface area contributed by atoms with E-state index < -0.39 is 0 Å². The molecule has 112 valence electrons. The van der Waals surface area contributed by atoms with Gasteiger partial charge < -0.3 is 9.47 Å². The van der Waals surface area contributed by atoms with Crippen LogP contribution in [0.4, 0.5) is 0 Å². The summed E-state index contributed by atoms with van der Waals surface area (Å²) in [6.07, 6.45) is 6.78. The summed E-state index contributed by atoms with van der Waals surface area (Å²) in [5, 5.41) is 0. The van der Waals surface area contributed by atoms with Gasteiger partial charge in [0.25, 0.3) is 0 Å². The van der Waals surface area contributed by atoms with Crippen LogP contribution in [-0.4, -0.2) is 26.2 Å². The number of methoxy groups -OCH3 is 2. The first kappa shape index (κ1) is 17.9. The molecular formula is C15H28O4. The highest BCUT2D eigenvalue weighted by Gasteiger charge is 2.16. The van der Waals surface area contributed by atoms with Crippen LogP contribution in [0, 0.1) is 11.8 Å². The highest BCUT2D eigenvalue weighted by Crippen LogP contribution is 2.19. The van der Waals surface area contributed by atoms with Crippen molar-refractivity contribution in [2.24, 2.45) is 11.8 Å². The molecule has 0 saturated carbocycles. The van der Waals surface area contributed by atoms with Crippen molar-refractivity contribution in [3.63, 3.8) is 0 Å². The molecule has 0 spiro atoms. The molecular weight excluding hydrogens is 244 g/mol. The zero-order chi connectivity index (χ0) is 14.7. The minimum atomic E-state index is -0.125. The third-order valence-corrected chi connectivity index (χ3v) is 3.41. The van der Waals surface area contributed by atoms with E-state index in [2.05, 4.69) is 11.7 Å². The van der Waals surface area contributed by atoms with Gasteiger partial charge in [-0.25, -0.2) is 0 Å². The average molecular weight is 272 g/mol. The van der Waals surface area contributed by atoms with Crippen molar-refractivity contribution in [3.05, 3.63) is 0 Å². The predicted octanol–water partition coefficient (Wildman–Crippen LogP) is 3.34. The van der Waals surface area contributed by atoms with Crippen LogP contribution >= 0.6 is 0 Å². The van der Waals surface area contributed by atoms with Crippen LogP contribution in [0.3, 0.4) is 0 Å². The molecule has 4 heteroatoms. The van der Waals surface area contributed by atoms with Crippen LogP contribution in [0.25, 0.3) is 0 Å². The Morgan fingerprint density at radius 2 is 1.58 bits per heavy atom. The van der Waals surface area contributed by atoms with Gasteiger partial charge in [-0.15, -0.1) is 0 Å². The van der Waals surface area contributed by atoms with Gasteiger partial charge in [-0.1, -0.05) is 39.5 Å². The van der Waals surface area contributed by atoms with E-state index in [-0.39, 0.29) is 17.9 Å². The van der Waals surface area contributed by atoms with Crippen molar-refractivity contribution in [2.75, 3.05) is 14.2 Å². The maximum atomic E-state index is 11.3. The number of unbranched alkanes of at least 4 members (excludes halogenated alkanes) is 3. The summed E-state index contributed by atoms with van der Waals surface area (Å²) in [7, 11) is 2.86. The van der Waals surface area contributed by atoms with Gasteiger partial charge in [0, 0.05) is 6.42 Å². The second-order valence-corrected chi connectivity index (χ2v) is 5.29. The Bertz CT molecular complexity index is 263. The van der Waals surface area contributed by atoms with Gasteiger partial charge in [-0.2, -0.15) is 0 Å². The highest BCUT2D eigenvalue weighted by atomic mass is 16.5. The van der Waals surface area contributed by atoms with Gasteiger partial charge in [0.15, 0.2) is 0 Å². The zero-order valence-corrected chi connectivity index (χ0v) is 12.7. The molecule has 0 aliphatic rings. The topological polar surface area (TPSA) is 52.6 Å². The maximum Gasteiger partial charge on any atom is 0.308 e. The van der Waals surface area contributed by atoms with Crippen molar-refractivity contribution in [3.8, 4) is 0 Å². The molecule has 0 aliphatic carbocycles. The van der Waals surface area contributed by atoms with E-state index in [1.54, 1.807) is 0 Å². The Labute approximate surface area is 116 Å². The lowest BCUT2D eigenvalue weighted by molar-refractivity contribution is -0.145. The quantitative estimate of drug-likeness (QED) is 0.452. The second kappa shape index (κ2) is 10.8. The van der Waals surface area contributed by atoms with Crippen molar-refractivity contribution in [1.82, 2.24) is 0 Å². The van der Waals surface area contributed by atoms with Crippen LogP contribution in [-0.2, 0) is 19.1 Å². The molecule has 0 N–H and O–H groups in total. The first-order valence-electron chi connectivity index (χ1n) is 7.15. The molecule has 0 aromatic rings. The first-order valence-corrected chi connectivity index (χ1v) is 7.15. The molecule has 0 aromatic heterocycles. The fourth-order valence-corrected chi connectivity index (χ4v) is 2.24. The third kappa shape index (κ3) is 9.51. The van der Waals surface area contributed by atoms with Crippen LogP contribution in [0.1, 0.15) is 58.8 Å². The number of hydrogen-bond acceptors (Lipinski definition) is 4. The van der Waals surface area contributed by atoms with Crippen LogP contribution < -0.4 is 0 Å². The molecule has 0 unspecified atom stereocenters. The Morgan fingerprint density at radius 1 is 0.947 bits per heavy atom. The smallest absolute Gasteiger partial charge is 0.308 e.